The number of carbonyl (C=O) groups excluding carboxylic acids is 1. The molecule has 1 aliphatic rings. The van der Waals surface area contributed by atoms with Crippen LogP contribution in [-0.4, -0.2) is 41.4 Å². The fourth-order valence-corrected chi connectivity index (χ4v) is 4.78. The lowest BCUT2D eigenvalue weighted by Gasteiger charge is -2.16. The predicted octanol–water partition coefficient (Wildman–Crippen LogP) is 7.35. The molecule has 1 aromatic heterocycles. The molecule has 1 saturated carbocycles. The lowest BCUT2D eigenvalue weighted by molar-refractivity contribution is 0.0968. The maximum Gasteiger partial charge on any atom is 0.169 e. The molecule has 1 aliphatic carbocycles. The first-order valence-corrected chi connectivity index (χ1v) is 12.7. The Morgan fingerprint density at radius 2 is 1.81 bits per heavy atom. The number of rotatable bonds is 8. The summed E-state index contributed by atoms with van der Waals surface area (Å²) in [5, 5.41) is 14.7. The van der Waals surface area contributed by atoms with E-state index in [-0.39, 0.29) is 27.5 Å². The van der Waals surface area contributed by atoms with E-state index in [0.29, 0.717) is 5.56 Å². The summed E-state index contributed by atoms with van der Waals surface area (Å²) >= 11 is 12.4. The minimum absolute atomic E-state index is 0.0640. The molecule has 0 atom stereocenters. The van der Waals surface area contributed by atoms with Crippen LogP contribution in [-0.2, 0) is 6.42 Å². The zero-order chi connectivity index (χ0) is 25.4. The Balaban J connectivity index is 1.61. The molecular formula is C29H27Cl2N3O2. The van der Waals surface area contributed by atoms with E-state index in [0.717, 1.165) is 59.2 Å². The molecule has 1 fully saturated rings. The van der Waals surface area contributed by atoms with Gasteiger partial charge >= 0.3 is 0 Å². The van der Waals surface area contributed by atoms with Crippen LogP contribution in [0.2, 0.25) is 10.0 Å². The van der Waals surface area contributed by atoms with Crippen LogP contribution in [0.5, 0.6) is 5.75 Å². The molecule has 0 unspecified atom stereocenters. The molecule has 1 heterocycles. The largest absolute Gasteiger partial charge is 0.505 e. The van der Waals surface area contributed by atoms with Gasteiger partial charge in [-0.3, -0.25) is 9.78 Å². The van der Waals surface area contributed by atoms with Gasteiger partial charge in [-0.05, 0) is 86.4 Å². The Morgan fingerprint density at radius 3 is 2.50 bits per heavy atom. The highest BCUT2D eigenvalue weighted by Gasteiger charge is 2.32. The summed E-state index contributed by atoms with van der Waals surface area (Å²) in [6.07, 6.45) is 4.46. The maximum absolute atomic E-state index is 13.2. The third-order valence-electron chi connectivity index (χ3n) is 6.48. The first-order valence-electron chi connectivity index (χ1n) is 12.0. The molecule has 184 valence electrons. The summed E-state index contributed by atoms with van der Waals surface area (Å²) in [6.45, 7) is 0.953. The molecule has 5 rings (SSSR count). The fraction of sp³-hybridized carbons (Fsp3) is 0.241. The minimum atomic E-state index is -0.140. The van der Waals surface area contributed by atoms with Crippen LogP contribution in [0.3, 0.4) is 0 Å². The van der Waals surface area contributed by atoms with Crippen molar-refractivity contribution in [2.75, 3.05) is 26.0 Å². The Kier molecular flexibility index (Phi) is 6.89. The molecule has 7 heteroatoms. The zero-order valence-electron chi connectivity index (χ0n) is 20.2. The van der Waals surface area contributed by atoms with E-state index in [1.165, 1.54) is 5.56 Å². The highest BCUT2D eigenvalue weighted by atomic mass is 35.5. The molecule has 36 heavy (non-hydrogen) atoms. The number of benzene rings is 3. The lowest BCUT2D eigenvalue weighted by atomic mass is 9.98. The summed E-state index contributed by atoms with van der Waals surface area (Å²) < 4.78 is 0. The Bertz CT molecular complexity index is 1440. The second kappa shape index (κ2) is 10.1. The molecule has 3 aromatic carbocycles. The van der Waals surface area contributed by atoms with Gasteiger partial charge in [-0.15, -0.1) is 0 Å². The van der Waals surface area contributed by atoms with E-state index in [4.69, 9.17) is 23.2 Å². The zero-order valence-corrected chi connectivity index (χ0v) is 21.7. The molecular weight excluding hydrogens is 493 g/mol. The van der Waals surface area contributed by atoms with Gasteiger partial charge in [0.1, 0.15) is 0 Å². The summed E-state index contributed by atoms with van der Waals surface area (Å²) in [4.78, 5) is 20.0. The quantitative estimate of drug-likeness (QED) is 0.238. The number of hydrogen-bond donors (Lipinski definition) is 2. The van der Waals surface area contributed by atoms with Gasteiger partial charge in [0, 0.05) is 29.7 Å². The Labute approximate surface area is 220 Å². The fourth-order valence-electron chi connectivity index (χ4n) is 4.29. The number of fused-ring (bicyclic) bond motifs is 1. The first-order chi connectivity index (χ1) is 17.3. The standard InChI is InChI=1S/C29H27Cl2N3O2/c1-34(2)11-10-17-4-3-5-21(12-17)33-27-22-13-19(20-14-24(30)29(36)25(31)15-20)8-9-26(22)32-16-23(27)28(35)18-6-7-18/h3-5,8-9,12-16,18,36H,6-7,10-11H2,1-2H3,(H,32,33). The van der Waals surface area contributed by atoms with Crippen molar-refractivity contribution < 1.29 is 9.90 Å². The number of hydrogen-bond acceptors (Lipinski definition) is 5. The van der Waals surface area contributed by atoms with E-state index >= 15 is 0 Å². The van der Waals surface area contributed by atoms with Gasteiger partial charge in [0.2, 0.25) is 0 Å². The number of carbonyl (C=O) groups is 1. The average molecular weight is 520 g/mol. The van der Waals surface area contributed by atoms with E-state index in [1.807, 2.05) is 30.3 Å². The Hall–Kier alpha value is -3.12. The molecule has 0 amide bonds. The van der Waals surface area contributed by atoms with Gasteiger partial charge in [-0.2, -0.15) is 0 Å². The summed E-state index contributed by atoms with van der Waals surface area (Å²) in [6, 6.07) is 17.5. The number of halogens is 2. The topological polar surface area (TPSA) is 65.5 Å². The number of likely N-dealkylation sites (N-methyl/N-ethyl adjacent to an activating group) is 1. The minimum Gasteiger partial charge on any atom is -0.505 e. The average Bonchev–Trinajstić information content (AvgIpc) is 3.71. The second-order valence-corrected chi connectivity index (χ2v) is 10.4. The van der Waals surface area contributed by atoms with Crippen molar-refractivity contribution in [1.29, 1.82) is 0 Å². The van der Waals surface area contributed by atoms with E-state index in [9.17, 15) is 9.90 Å². The number of Topliss-reactive ketones (excluding diaryl/α,β-unsaturated/α-hetero) is 1. The van der Waals surface area contributed by atoms with Gasteiger partial charge in [0.15, 0.2) is 11.5 Å². The van der Waals surface area contributed by atoms with Gasteiger partial charge in [0.05, 0.1) is 26.8 Å². The molecule has 0 saturated heterocycles. The van der Waals surface area contributed by atoms with Crippen molar-refractivity contribution in [1.82, 2.24) is 9.88 Å². The monoisotopic (exact) mass is 519 g/mol. The highest BCUT2D eigenvalue weighted by molar-refractivity contribution is 6.37. The van der Waals surface area contributed by atoms with Crippen molar-refractivity contribution in [3.63, 3.8) is 0 Å². The number of aromatic hydroxyl groups is 1. The van der Waals surface area contributed by atoms with Gasteiger partial charge in [0.25, 0.3) is 0 Å². The van der Waals surface area contributed by atoms with Crippen LogP contribution in [0.1, 0.15) is 28.8 Å². The van der Waals surface area contributed by atoms with Crippen LogP contribution in [0.25, 0.3) is 22.0 Å². The van der Waals surface area contributed by atoms with Gasteiger partial charge in [-0.1, -0.05) is 41.4 Å². The van der Waals surface area contributed by atoms with Crippen molar-refractivity contribution in [3.8, 4) is 16.9 Å². The van der Waals surface area contributed by atoms with Crippen molar-refractivity contribution >= 4 is 51.3 Å². The van der Waals surface area contributed by atoms with Crippen molar-refractivity contribution in [2.24, 2.45) is 5.92 Å². The molecule has 0 radical (unpaired) electrons. The second-order valence-electron chi connectivity index (χ2n) is 9.58. The first kappa shape index (κ1) is 24.6. The Morgan fingerprint density at radius 1 is 1.06 bits per heavy atom. The van der Waals surface area contributed by atoms with E-state index in [1.54, 1.807) is 18.3 Å². The van der Waals surface area contributed by atoms with Gasteiger partial charge < -0.3 is 15.3 Å². The number of aromatic nitrogens is 1. The smallest absolute Gasteiger partial charge is 0.169 e. The normalized spacial score (nSPS) is 13.4. The molecule has 2 N–H and O–H groups in total. The van der Waals surface area contributed by atoms with Crippen molar-refractivity contribution in [2.45, 2.75) is 19.3 Å². The third-order valence-corrected chi connectivity index (χ3v) is 7.05. The predicted molar refractivity (Wildman–Crippen MR) is 148 cm³/mol. The van der Waals surface area contributed by atoms with Crippen molar-refractivity contribution in [3.05, 3.63) is 82.0 Å². The summed E-state index contributed by atoms with van der Waals surface area (Å²) in [5.74, 6) is 0.0456. The van der Waals surface area contributed by atoms with E-state index < -0.39 is 0 Å². The highest BCUT2D eigenvalue weighted by Crippen LogP contribution is 2.40. The maximum atomic E-state index is 13.2. The third kappa shape index (κ3) is 5.19. The molecule has 5 nitrogen and oxygen atoms in total. The number of anilines is 2. The summed E-state index contributed by atoms with van der Waals surface area (Å²) in [7, 11) is 4.13. The molecule has 0 spiro atoms. The summed E-state index contributed by atoms with van der Waals surface area (Å²) in [5.41, 5.74) is 5.88. The lowest BCUT2D eigenvalue weighted by Crippen LogP contribution is -2.15. The molecule has 0 aliphatic heterocycles. The number of nitrogens with zero attached hydrogens (tertiary/aromatic N) is 2. The number of nitrogens with one attached hydrogen (secondary N) is 1. The van der Waals surface area contributed by atoms with Gasteiger partial charge in [-0.25, -0.2) is 0 Å². The molecule has 0 bridgehead atoms. The van der Waals surface area contributed by atoms with E-state index in [2.05, 4.69) is 41.4 Å². The van der Waals surface area contributed by atoms with Crippen LogP contribution in [0.15, 0.2) is 60.8 Å². The SMILES string of the molecule is CN(C)CCc1cccc(Nc2c(C(=O)C3CC3)cnc3ccc(-c4cc(Cl)c(O)c(Cl)c4)cc23)c1. The van der Waals surface area contributed by atoms with Crippen LogP contribution < -0.4 is 5.32 Å². The van der Waals surface area contributed by atoms with Crippen LogP contribution >= 0.6 is 23.2 Å². The number of pyridine rings is 1. The van der Waals surface area contributed by atoms with Crippen LogP contribution in [0.4, 0.5) is 11.4 Å². The number of phenols is 1. The molecule has 4 aromatic rings. The number of ketones is 1. The number of phenolic OH excluding ortho intramolecular Hbond substituents is 1. The van der Waals surface area contributed by atoms with Crippen LogP contribution in [0, 0.1) is 5.92 Å².